The van der Waals surface area contributed by atoms with Crippen LogP contribution in [0.2, 0.25) is 0 Å². The highest BCUT2D eigenvalue weighted by atomic mass is 14.9. The van der Waals surface area contributed by atoms with E-state index < -0.39 is 0 Å². The SMILES string of the molecule is Cc1ccc(-c2ccc(C)c[n+]2C)cc1. The molecule has 0 aliphatic rings. The second-order valence-electron chi connectivity index (χ2n) is 4.07. The van der Waals surface area contributed by atoms with Crippen molar-refractivity contribution in [2.24, 2.45) is 7.05 Å². The van der Waals surface area contributed by atoms with Gasteiger partial charge >= 0.3 is 0 Å². The highest BCUT2D eigenvalue weighted by Crippen LogP contribution is 2.15. The van der Waals surface area contributed by atoms with Gasteiger partial charge in [0.05, 0.1) is 0 Å². The fraction of sp³-hybridized carbons (Fsp3) is 0.214. The third-order valence-corrected chi connectivity index (χ3v) is 2.63. The molecule has 2 rings (SSSR count). The maximum atomic E-state index is 2.17. The molecular formula is C14H16N+. The van der Waals surface area contributed by atoms with Crippen molar-refractivity contribution in [3.05, 3.63) is 53.7 Å². The van der Waals surface area contributed by atoms with E-state index in [-0.39, 0.29) is 0 Å². The van der Waals surface area contributed by atoms with E-state index >= 15 is 0 Å². The molecule has 0 radical (unpaired) electrons. The van der Waals surface area contributed by atoms with E-state index in [4.69, 9.17) is 0 Å². The number of aromatic nitrogens is 1. The normalized spacial score (nSPS) is 10.3. The van der Waals surface area contributed by atoms with Gasteiger partial charge in [0.1, 0.15) is 7.05 Å². The highest BCUT2D eigenvalue weighted by molar-refractivity contribution is 5.56. The lowest BCUT2D eigenvalue weighted by molar-refractivity contribution is -0.660. The van der Waals surface area contributed by atoms with E-state index in [1.807, 2.05) is 0 Å². The van der Waals surface area contributed by atoms with Gasteiger partial charge in [0.25, 0.3) is 0 Å². The van der Waals surface area contributed by atoms with Gasteiger partial charge in [-0.1, -0.05) is 17.7 Å². The van der Waals surface area contributed by atoms with E-state index in [9.17, 15) is 0 Å². The molecule has 0 aliphatic heterocycles. The standard InChI is InChI=1S/C14H16N/c1-11-4-7-13(8-5-11)14-9-6-12(2)10-15(14)3/h4-10H,1-3H3/q+1. The molecule has 0 atom stereocenters. The predicted octanol–water partition coefficient (Wildman–Crippen LogP) is 2.79. The molecule has 0 fully saturated rings. The maximum absolute atomic E-state index is 2.17. The lowest BCUT2D eigenvalue weighted by Gasteiger charge is -2.01. The molecule has 0 amide bonds. The minimum atomic E-state index is 1.25. The molecule has 1 aromatic carbocycles. The average molecular weight is 198 g/mol. The largest absolute Gasteiger partial charge is 0.212 e. The molecule has 0 saturated heterocycles. The van der Waals surface area contributed by atoms with Crippen LogP contribution in [0.3, 0.4) is 0 Å². The fourth-order valence-corrected chi connectivity index (χ4v) is 1.77. The molecule has 0 aliphatic carbocycles. The second kappa shape index (κ2) is 3.85. The van der Waals surface area contributed by atoms with Crippen LogP contribution in [-0.2, 0) is 7.05 Å². The van der Waals surface area contributed by atoms with Crippen molar-refractivity contribution in [1.29, 1.82) is 0 Å². The van der Waals surface area contributed by atoms with E-state index in [1.54, 1.807) is 0 Å². The average Bonchev–Trinajstić information content (AvgIpc) is 2.20. The summed E-state index contributed by atoms with van der Waals surface area (Å²) in [4.78, 5) is 0. The Bertz CT molecular complexity index is 469. The topological polar surface area (TPSA) is 3.88 Å². The molecule has 15 heavy (non-hydrogen) atoms. The van der Waals surface area contributed by atoms with Crippen LogP contribution in [0, 0.1) is 13.8 Å². The Morgan fingerprint density at radius 2 is 1.40 bits per heavy atom. The first kappa shape index (κ1) is 9.91. The Morgan fingerprint density at radius 1 is 0.800 bits per heavy atom. The van der Waals surface area contributed by atoms with E-state index in [0.29, 0.717) is 0 Å². The van der Waals surface area contributed by atoms with Crippen molar-refractivity contribution in [2.45, 2.75) is 13.8 Å². The molecule has 0 bridgehead atoms. The summed E-state index contributed by atoms with van der Waals surface area (Å²) in [6, 6.07) is 12.9. The van der Waals surface area contributed by atoms with Gasteiger partial charge in [0.15, 0.2) is 6.20 Å². The van der Waals surface area contributed by atoms with E-state index in [2.05, 4.69) is 68.1 Å². The highest BCUT2D eigenvalue weighted by Gasteiger charge is 2.08. The molecule has 1 nitrogen and oxygen atoms in total. The molecule has 0 spiro atoms. The maximum Gasteiger partial charge on any atom is 0.212 e. The Hall–Kier alpha value is -1.63. The van der Waals surface area contributed by atoms with Gasteiger partial charge in [-0.25, -0.2) is 4.57 Å². The predicted molar refractivity (Wildman–Crippen MR) is 62.5 cm³/mol. The summed E-state index contributed by atoms with van der Waals surface area (Å²) in [7, 11) is 2.09. The number of pyridine rings is 1. The van der Waals surface area contributed by atoms with Gasteiger partial charge in [-0.3, -0.25) is 0 Å². The molecule has 0 saturated carbocycles. The van der Waals surface area contributed by atoms with Crippen molar-refractivity contribution in [1.82, 2.24) is 0 Å². The number of aryl methyl sites for hydroxylation is 3. The lowest BCUT2D eigenvalue weighted by atomic mass is 10.1. The minimum Gasteiger partial charge on any atom is -0.201 e. The summed E-state index contributed by atoms with van der Waals surface area (Å²) >= 11 is 0. The van der Waals surface area contributed by atoms with Crippen LogP contribution in [-0.4, -0.2) is 0 Å². The van der Waals surface area contributed by atoms with Crippen LogP contribution in [0.1, 0.15) is 11.1 Å². The summed E-state index contributed by atoms with van der Waals surface area (Å²) in [5.41, 5.74) is 5.10. The van der Waals surface area contributed by atoms with Gasteiger partial charge in [-0.15, -0.1) is 0 Å². The molecule has 76 valence electrons. The van der Waals surface area contributed by atoms with Crippen LogP contribution in [0.4, 0.5) is 0 Å². The van der Waals surface area contributed by atoms with Gasteiger partial charge in [0.2, 0.25) is 5.69 Å². The fourth-order valence-electron chi connectivity index (χ4n) is 1.77. The quantitative estimate of drug-likeness (QED) is 0.620. The minimum absolute atomic E-state index is 1.25. The lowest BCUT2D eigenvalue weighted by Crippen LogP contribution is -2.30. The zero-order valence-electron chi connectivity index (χ0n) is 9.49. The Balaban J connectivity index is 2.49. The molecule has 1 aromatic heterocycles. The zero-order chi connectivity index (χ0) is 10.8. The van der Waals surface area contributed by atoms with Crippen LogP contribution < -0.4 is 4.57 Å². The van der Waals surface area contributed by atoms with Gasteiger partial charge in [-0.05, 0) is 32.0 Å². The molecule has 2 aromatic rings. The molecule has 0 unspecified atom stereocenters. The molecule has 1 heterocycles. The summed E-state index contributed by atoms with van der Waals surface area (Å²) in [6.07, 6.45) is 2.15. The molecular weight excluding hydrogens is 182 g/mol. The number of hydrogen-bond donors (Lipinski definition) is 0. The smallest absolute Gasteiger partial charge is 0.201 e. The van der Waals surface area contributed by atoms with Crippen LogP contribution in [0.25, 0.3) is 11.3 Å². The molecule has 0 N–H and O–H groups in total. The Morgan fingerprint density at radius 3 is 2.00 bits per heavy atom. The summed E-state index contributed by atoms with van der Waals surface area (Å²) in [5.74, 6) is 0. The number of hydrogen-bond acceptors (Lipinski definition) is 0. The third kappa shape index (κ3) is 2.07. The zero-order valence-corrected chi connectivity index (χ0v) is 9.49. The van der Waals surface area contributed by atoms with Crippen molar-refractivity contribution >= 4 is 0 Å². The van der Waals surface area contributed by atoms with Gasteiger partial charge in [-0.2, -0.15) is 0 Å². The van der Waals surface area contributed by atoms with Crippen molar-refractivity contribution < 1.29 is 4.57 Å². The summed E-state index contributed by atoms with van der Waals surface area (Å²) in [6.45, 7) is 4.22. The van der Waals surface area contributed by atoms with Crippen LogP contribution >= 0.6 is 0 Å². The first-order chi connectivity index (χ1) is 7.16. The number of nitrogens with zero attached hydrogens (tertiary/aromatic N) is 1. The van der Waals surface area contributed by atoms with E-state index in [0.717, 1.165) is 0 Å². The summed E-state index contributed by atoms with van der Waals surface area (Å²) < 4.78 is 2.17. The van der Waals surface area contributed by atoms with Crippen molar-refractivity contribution in [3.63, 3.8) is 0 Å². The monoisotopic (exact) mass is 198 g/mol. The van der Waals surface area contributed by atoms with Crippen molar-refractivity contribution in [2.75, 3.05) is 0 Å². The van der Waals surface area contributed by atoms with Crippen LogP contribution in [0.15, 0.2) is 42.6 Å². The molecule has 1 heteroatoms. The number of rotatable bonds is 1. The van der Waals surface area contributed by atoms with Crippen molar-refractivity contribution in [3.8, 4) is 11.3 Å². The first-order valence-corrected chi connectivity index (χ1v) is 5.20. The number of benzene rings is 1. The van der Waals surface area contributed by atoms with Gasteiger partial charge in [0, 0.05) is 17.2 Å². The van der Waals surface area contributed by atoms with Crippen LogP contribution in [0.5, 0.6) is 0 Å². The Kier molecular flexibility index (Phi) is 2.55. The Labute approximate surface area is 91.0 Å². The van der Waals surface area contributed by atoms with E-state index in [1.165, 1.54) is 22.4 Å². The van der Waals surface area contributed by atoms with Gasteiger partial charge < -0.3 is 0 Å². The third-order valence-electron chi connectivity index (χ3n) is 2.63. The summed E-state index contributed by atoms with van der Waals surface area (Å²) in [5, 5.41) is 0. The first-order valence-electron chi connectivity index (χ1n) is 5.20. The second-order valence-corrected chi connectivity index (χ2v) is 4.07.